The zero-order chi connectivity index (χ0) is 9.84. The van der Waals surface area contributed by atoms with Gasteiger partial charge < -0.3 is 4.98 Å². The molecule has 0 amide bonds. The molecule has 13 heavy (non-hydrogen) atoms. The van der Waals surface area contributed by atoms with E-state index >= 15 is 0 Å². The molecule has 0 aliphatic rings. The van der Waals surface area contributed by atoms with E-state index in [0.29, 0.717) is 5.92 Å². The Labute approximate surface area is 78.2 Å². The van der Waals surface area contributed by atoms with Gasteiger partial charge in [-0.2, -0.15) is 0 Å². The van der Waals surface area contributed by atoms with Crippen LogP contribution in [-0.4, -0.2) is 9.97 Å². The van der Waals surface area contributed by atoms with Gasteiger partial charge in [-0.3, -0.25) is 4.79 Å². The minimum absolute atomic E-state index is 0.0397. The predicted molar refractivity (Wildman–Crippen MR) is 52.9 cm³/mol. The lowest BCUT2D eigenvalue weighted by atomic mass is 10.1. The van der Waals surface area contributed by atoms with Crippen LogP contribution in [0.25, 0.3) is 0 Å². The molecular weight excluding hydrogens is 164 g/mol. The Morgan fingerprint density at radius 3 is 2.77 bits per heavy atom. The number of aromatic nitrogens is 2. The first-order valence-electron chi connectivity index (χ1n) is 4.77. The van der Waals surface area contributed by atoms with Gasteiger partial charge in [0, 0.05) is 12.5 Å². The lowest BCUT2D eigenvalue weighted by Gasteiger charge is -2.07. The van der Waals surface area contributed by atoms with E-state index in [0.717, 1.165) is 24.4 Å². The molecule has 0 fully saturated rings. The third kappa shape index (κ3) is 2.41. The highest BCUT2D eigenvalue weighted by Gasteiger charge is 2.06. The zero-order valence-electron chi connectivity index (χ0n) is 8.42. The van der Waals surface area contributed by atoms with Crippen LogP contribution in [0.1, 0.15) is 44.6 Å². The second-order valence-electron chi connectivity index (χ2n) is 3.28. The molecule has 0 radical (unpaired) electrons. The molecule has 72 valence electrons. The fourth-order valence-electron chi connectivity index (χ4n) is 1.16. The molecule has 0 aromatic carbocycles. The minimum atomic E-state index is -0.0397. The highest BCUT2D eigenvalue weighted by Crippen LogP contribution is 2.13. The van der Waals surface area contributed by atoms with Gasteiger partial charge in [0.2, 0.25) is 0 Å². The van der Waals surface area contributed by atoms with Gasteiger partial charge >= 0.3 is 0 Å². The van der Waals surface area contributed by atoms with E-state index in [1.54, 1.807) is 6.07 Å². The van der Waals surface area contributed by atoms with Gasteiger partial charge in [0.1, 0.15) is 5.82 Å². The van der Waals surface area contributed by atoms with Crippen molar-refractivity contribution in [1.82, 2.24) is 9.97 Å². The summed E-state index contributed by atoms with van der Waals surface area (Å²) in [6, 6.07) is 1.59. The topological polar surface area (TPSA) is 45.8 Å². The summed E-state index contributed by atoms with van der Waals surface area (Å²) in [5, 5.41) is 0. The molecule has 0 spiro atoms. The Kier molecular flexibility index (Phi) is 3.23. The normalized spacial score (nSPS) is 12.8. The molecule has 0 bridgehead atoms. The van der Waals surface area contributed by atoms with Crippen LogP contribution in [0.4, 0.5) is 0 Å². The molecular formula is C10H16N2O. The molecule has 1 N–H and O–H groups in total. The van der Waals surface area contributed by atoms with Crippen molar-refractivity contribution >= 4 is 0 Å². The van der Waals surface area contributed by atoms with E-state index < -0.39 is 0 Å². The molecule has 0 aliphatic carbocycles. The summed E-state index contributed by atoms with van der Waals surface area (Å²) >= 11 is 0. The van der Waals surface area contributed by atoms with E-state index in [9.17, 15) is 4.79 Å². The number of H-pyrrole nitrogens is 1. The first-order chi connectivity index (χ1) is 6.17. The van der Waals surface area contributed by atoms with Gasteiger partial charge in [-0.25, -0.2) is 4.98 Å². The van der Waals surface area contributed by atoms with Crippen molar-refractivity contribution in [2.45, 2.75) is 39.5 Å². The first-order valence-corrected chi connectivity index (χ1v) is 4.77. The van der Waals surface area contributed by atoms with E-state index in [1.807, 2.05) is 6.92 Å². The Balaban J connectivity index is 3.08. The van der Waals surface area contributed by atoms with Crippen molar-refractivity contribution < 1.29 is 0 Å². The van der Waals surface area contributed by atoms with E-state index in [-0.39, 0.29) is 5.56 Å². The standard InChI is InChI=1S/C10H16N2O/c1-4-7(3)8-6-10(13)12-9(5-2)11-8/h6-7H,4-5H2,1-3H3,(H,11,12,13). The smallest absolute Gasteiger partial charge is 0.251 e. The van der Waals surface area contributed by atoms with Gasteiger partial charge in [0.25, 0.3) is 5.56 Å². The van der Waals surface area contributed by atoms with Gasteiger partial charge in [-0.15, -0.1) is 0 Å². The predicted octanol–water partition coefficient (Wildman–Crippen LogP) is 1.85. The number of aromatic amines is 1. The molecule has 0 saturated carbocycles. The Morgan fingerprint density at radius 2 is 2.23 bits per heavy atom. The summed E-state index contributed by atoms with van der Waals surface area (Å²) in [7, 11) is 0. The van der Waals surface area contributed by atoms with Gasteiger partial charge in [-0.1, -0.05) is 20.8 Å². The van der Waals surface area contributed by atoms with Crippen LogP contribution in [0, 0.1) is 0 Å². The summed E-state index contributed by atoms with van der Waals surface area (Å²) in [5.41, 5.74) is 0.866. The molecule has 3 nitrogen and oxygen atoms in total. The van der Waals surface area contributed by atoms with E-state index in [2.05, 4.69) is 23.8 Å². The molecule has 1 unspecified atom stereocenters. The van der Waals surface area contributed by atoms with Gasteiger partial charge in [0.15, 0.2) is 0 Å². The monoisotopic (exact) mass is 180 g/mol. The Bertz CT molecular complexity index is 330. The third-order valence-electron chi connectivity index (χ3n) is 2.26. The molecule has 1 rings (SSSR count). The van der Waals surface area contributed by atoms with Crippen molar-refractivity contribution in [3.63, 3.8) is 0 Å². The maximum absolute atomic E-state index is 11.2. The van der Waals surface area contributed by atoms with Crippen LogP contribution in [0.15, 0.2) is 10.9 Å². The van der Waals surface area contributed by atoms with Crippen molar-refractivity contribution in [2.75, 3.05) is 0 Å². The third-order valence-corrected chi connectivity index (χ3v) is 2.26. The van der Waals surface area contributed by atoms with E-state index in [4.69, 9.17) is 0 Å². The fourth-order valence-corrected chi connectivity index (χ4v) is 1.16. The summed E-state index contributed by atoms with van der Waals surface area (Å²) in [6.45, 7) is 6.17. The van der Waals surface area contributed by atoms with Crippen molar-refractivity contribution in [3.05, 3.63) is 27.9 Å². The van der Waals surface area contributed by atoms with E-state index in [1.165, 1.54) is 0 Å². The SMILES string of the molecule is CCc1nc(C(C)CC)cc(=O)[nH]1. The Morgan fingerprint density at radius 1 is 1.54 bits per heavy atom. The zero-order valence-corrected chi connectivity index (χ0v) is 8.42. The molecule has 1 atom stereocenters. The molecule has 0 saturated heterocycles. The largest absolute Gasteiger partial charge is 0.311 e. The lowest BCUT2D eigenvalue weighted by Crippen LogP contribution is -2.13. The summed E-state index contributed by atoms with van der Waals surface area (Å²) in [5.74, 6) is 1.15. The summed E-state index contributed by atoms with van der Waals surface area (Å²) < 4.78 is 0. The first kappa shape index (κ1) is 9.96. The fraction of sp³-hybridized carbons (Fsp3) is 0.600. The second-order valence-corrected chi connectivity index (χ2v) is 3.28. The van der Waals surface area contributed by atoms with Crippen LogP contribution in [-0.2, 0) is 6.42 Å². The average Bonchev–Trinajstić information content (AvgIpc) is 2.15. The van der Waals surface area contributed by atoms with Crippen LogP contribution in [0.5, 0.6) is 0 Å². The number of nitrogens with one attached hydrogen (secondary N) is 1. The minimum Gasteiger partial charge on any atom is -0.311 e. The van der Waals surface area contributed by atoms with Gasteiger partial charge in [-0.05, 0) is 12.3 Å². The van der Waals surface area contributed by atoms with Gasteiger partial charge in [0.05, 0.1) is 5.69 Å². The maximum Gasteiger partial charge on any atom is 0.251 e. The highest BCUT2D eigenvalue weighted by atomic mass is 16.1. The van der Waals surface area contributed by atoms with Crippen molar-refractivity contribution in [3.8, 4) is 0 Å². The summed E-state index contributed by atoms with van der Waals surface area (Å²) in [4.78, 5) is 18.3. The van der Waals surface area contributed by atoms with Crippen LogP contribution in [0.3, 0.4) is 0 Å². The number of hydrogen-bond acceptors (Lipinski definition) is 2. The number of nitrogens with zero attached hydrogens (tertiary/aromatic N) is 1. The van der Waals surface area contributed by atoms with Crippen molar-refractivity contribution in [1.29, 1.82) is 0 Å². The highest BCUT2D eigenvalue weighted by molar-refractivity contribution is 5.07. The maximum atomic E-state index is 11.2. The van der Waals surface area contributed by atoms with Crippen molar-refractivity contribution in [2.24, 2.45) is 0 Å². The number of hydrogen-bond donors (Lipinski definition) is 1. The quantitative estimate of drug-likeness (QED) is 0.771. The van der Waals surface area contributed by atoms with Crippen LogP contribution in [0.2, 0.25) is 0 Å². The summed E-state index contributed by atoms with van der Waals surface area (Å²) in [6.07, 6.45) is 1.79. The number of rotatable bonds is 3. The molecule has 1 aromatic rings. The lowest BCUT2D eigenvalue weighted by molar-refractivity contribution is 0.691. The number of aryl methyl sites for hydroxylation is 1. The molecule has 1 heterocycles. The average molecular weight is 180 g/mol. The Hall–Kier alpha value is -1.12. The molecule has 1 aromatic heterocycles. The second kappa shape index (κ2) is 4.21. The molecule has 0 aliphatic heterocycles. The van der Waals surface area contributed by atoms with Crippen LogP contribution < -0.4 is 5.56 Å². The van der Waals surface area contributed by atoms with Crippen LogP contribution >= 0.6 is 0 Å². The molecule has 3 heteroatoms.